The van der Waals surface area contributed by atoms with E-state index < -0.39 is 16.4 Å². The van der Waals surface area contributed by atoms with Crippen LogP contribution in [0.5, 0.6) is 0 Å². The number of hydrogen-bond donors (Lipinski definition) is 1. The second-order valence-electron chi connectivity index (χ2n) is 6.21. The fourth-order valence-electron chi connectivity index (χ4n) is 2.65. The molecule has 3 aromatic rings. The van der Waals surface area contributed by atoms with Gasteiger partial charge >= 0.3 is 0 Å². The molecule has 146 valence electrons. The van der Waals surface area contributed by atoms with Gasteiger partial charge in [-0.15, -0.1) is 0 Å². The summed E-state index contributed by atoms with van der Waals surface area (Å²) in [6.45, 7) is 1.07. The molecule has 0 aliphatic heterocycles. The molecule has 1 aromatic heterocycles. The maximum Gasteiger partial charge on any atom is 0.270 e. The molecule has 9 nitrogen and oxygen atoms in total. The molecular weight excluding hydrogens is 376 g/mol. The van der Waals surface area contributed by atoms with Crippen LogP contribution in [0.2, 0.25) is 0 Å². The van der Waals surface area contributed by atoms with E-state index in [2.05, 4.69) is 10.4 Å². The Morgan fingerprint density at radius 2 is 1.86 bits per heavy atom. The number of nitrogens with zero attached hydrogens (tertiary/aromatic N) is 3. The lowest BCUT2D eigenvalue weighted by Crippen LogP contribution is -2.29. The van der Waals surface area contributed by atoms with Crippen LogP contribution in [-0.4, -0.2) is 26.4 Å². The molecule has 0 bridgehead atoms. The molecule has 0 radical (unpaired) electrons. The van der Waals surface area contributed by atoms with Crippen molar-refractivity contribution in [2.45, 2.75) is 13.5 Å². The number of Topliss-reactive ketones (excluding diaryl/α,β-unsaturated/α-hetero) is 1. The Morgan fingerprint density at radius 1 is 1.10 bits per heavy atom. The topological polar surface area (TPSA) is 124 Å². The van der Waals surface area contributed by atoms with Gasteiger partial charge < -0.3 is 5.32 Å². The van der Waals surface area contributed by atoms with Gasteiger partial charge in [-0.1, -0.05) is 24.3 Å². The number of non-ortho nitro benzene ring substituents is 1. The molecule has 0 aliphatic rings. The van der Waals surface area contributed by atoms with Crippen LogP contribution < -0.4 is 10.9 Å². The van der Waals surface area contributed by atoms with Gasteiger partial charge in [-0.2, -0.15) is 5.10 Å². The lowest BCUT2D eigenvalue weighted by atomic mass is 10.1. The summed E-state index contributed by atoms with van der Waals surface area (Å²) in [7, 11) is 0. The SMILES string of the molecule is CC(=O)c1cccc(NC(=O)Cn2nc(-c3cccc([N+](=O)[O-])c3)ccc2=O)c1. The number of benzene rings is 2. The highest BCUT2D eigenvalue weighted by Crippen LogP contribution is 2.21. The molecule has 2 aromatic carbocycles. The van der Waals surface area contributed by atoms with Crippen molar-refractivity contribution in [1.29, 1.82) is 0 Å². The van der Waals surface area contributed by atoms with Crippen molar-refractivity contribution in [3.05, 3.63) is 86.7 Å². The number of nitro groups is 1. The van der Waals surface area contributed by atoms with Crippen molar-refractivity contribution in [2.24, 2.45) is 0 Å². The van der Waals surface area contributed by atoms with E-state index in [4.69, 9.17) is 0 Å². The molecule has 1 heterocycles. The summed E-state index contributed by atoms with van der Waals surface area (Å²) in [5, 5.41) is 17.7. The van der Waals surface area contributed by atoms with E-state index in [9.17, 15) is 24.5 Å². The van der Waals surface area contributed by atoms with Crippen LogP contribution in [-0.2, 0) is 11.3 Å². The minimum Gasteiger partial charge on any atom is -0.324 e. The van der Waals surface area contributed by atoms with Crippen molar-refractivity contribution in [3.63, 3.8) is 0 Å². The molecule has 29 heavy (non-hydrogen) atoms. The lowest BCUT2D eigenvalue weighted by Gasteiger charge is -2.09. The zero-order valence-electron chi connectivity index (χ0n) is 15.4. The van der Waals surface area contributed by atoms with E-state index in [1.165, 1.54) is 43.3 Å². The first-order chi connectivity index (χ1) is 13.8. The average molecular weight is 392 g/mol. The average Bonchev–Trinajstić information content (AvgIpc) is 2.70. The highest BCUT2D eigenvalue weighted by molar-refractivity contribution is 5.97. The molecule has 1 amide bonds. The first-order valence-corrected chi connectivity index (χ1v) is 8.57. The van der Waals surface area contributed by atoms with Gasteiger partial charge in [0.2, 0.25) is 5.91 Å². The van der Waals surface area contributed by atoms with Crippen molar-refractivity contribution >= 4 is 23.1 Å². The maximum absolute atomic E-state index is 12.3. The van der Waals surface area contributed by atoms with Crippen LogP contribution in [0.1, 0.15) is 17.3 Å². The summed E-state index contributed by atoms with van der Waals surface area (Å²) in [5.41, 5.74) is 1.04. The van der Waals surface area contributed by atoms with E-state index in [0.29, 0.717) is 22.5 Å². The fourth-order valence-corrected chi connectivity index (χ4v) is 2.65. The zero-order valence-corrected chi connectivity index (χ0v) is 15.4. The molecule has 0 aliphatic carbocycles. The van der Waals surface area contributed by atoms with E-state index in [0.717, 1.165) is 4.68 Å². The molecular formula is C20H16N4O5. The highest BCUT2D eigenvalue weighted by atomic mass is 16.6. The predicted octanol–water partition coefficient (Wildman–Crippen LogP) is 2.66. The Kier molecular flexibility index (Phi) is 5.59. The summed E-state index contributed by atoms with van der Waals surface area (Å²) < 4.78 is 0.971. The fraction of sp³-hybridized carbons (Fsp3) is 0.100. The minimum absolute atomic E-state index is 0.106. The number of carbonyl (C=O) groups excluding carboxylic acids is 2. The lowest BCUT2D eigenvalue weighted by molar-refractivity contribution is -0.384. The first kappa shape index (κ1) is 19.6. The Morgan fingerprint density at radius 3 is 2.59 bits per heavy atom. The predicted molar refractivity (Wildman–Crippen MR) is 106 cm³/mol. The number of anilines is 1. The van der Waals surface area contributed by atoms with Crippen molar-refractivity contribution in [1.82, 2.24) is 9.78 Å². The van der Waals surface area contributed by atoms with E-state index in [1.54, 1.807) is 24.3 Å². The van der Waals surface area contributed by atoms with Crippen molar-refractivity contribution < 1.29 is 14.5 Å². The third kappa shape index (κ3) is 4.78. The normalized spacial score (nSPS) is 10.4. The Hall–Kier alpha value is -4.14. The van der Waals surface area contributed by atoms with Gasteiger partial charge in [0.1, 0.15) is 6.54 Å². The molecule has 0 saturated carbocycles. The number of hydrogen-bond acceptors (Lipinski definition) is 6. The smallest absolute Gasteiger partial charge is 0.270 e. The van der Waals surface area contributed by atoms with Gasteiger partial charge in [0, 0.05) is 35.0 Å². The number of aromatic nitrogens is 2. The zero-order chi connectivity index (χ0) is 21.0. The summed E-state index contributed by atoms with van der Waals surface area (Å²) in [4.78, 5) is 46.3. The molecule has 0 saturated heterocycles. The molecule has 0 unspecified atom stereocenters. The molecule has 1 N–H and O–H groups in total. The largest absolute Gasteiger partial charge is 0.324 e. The summed E-state index contributed by atoms with van der Waals surface area (Å²) in [6.07, 6.45) is 0. The third-order valence-electron chi connectivity index (χ3n) is 4.07. The van der Waals surface area contributed by atoms with E-state index in [1.807, 2.05) is 0 Å². The van der Waals surface area contributed by atoms with Crippen LogP contribution in [0.3, 0.4) is 0 Å². The van der Waals surface area contributed by atoms with Gasteiger partial charge in [-0.05, 0) is 25.1 Å². The molecule has 9 heteroatoms. The van der Waals surface area contributed by atoms with E-state index in [-0.39, 0.29) is 18.0 Å². The quantitative estimate of drug-likeness (QED) is 0.391. The second-order valence-corrected chi connectivity index (χ2v) is 6.21. The molecule has 0 fully saturated rings. The number of carbonyl (C=O) groups is 2. The summed E-state index contributed by atoms with van der Waals surface area (Å²) in [5.74, 6) is -0.639. The molecule has 3 rings (SSSR count). The van der Waals surface area contributed by atoms with Gasteiger partial charge in [-0.3, -0.25) is 24.5 Å². The van der Waals surface area contributed by atoms with E-state index >= 15 is 0 Å². The standard InChI is InChI=1S/C20H16N4O5/c1-13(25)14-4-2-6-16(10-14)21-19(26)12-23-20(27)9-8-18(22-23)15-5-3-7-17(11-15)24(28)29/h2-11H,12H2,1H3,(H,21,26). The van der Waals surface area contributed by atoms with Crippen LogP contribution in [0.25, 0.3) is 11.3 Å². The monoisotopic (exact) mass is 392 g/mol. The van der Waals surface area contributed by atoms with Crippen LogP contribution >= 0.6 is 0 Å². The van der Waals surface area contributed by atoms with Crippen molar-refractivity contribution in [2.75, 3.05) is 5.32 Å². The van der Waals surface area contributed by atoms with Crippen LogP contribution in [0.15, 0.2) is 65.5 Å². The third-order valence-corrected chi connectivity index (χ3v) is 4.07. The van der Waals surface area contributed by atoms with Gasteiger partial charge in [-0.25, -0.2) is 4.68 Å². The Bertz CT molecular complexity index is 1170. The maximum atomic E-state index is 12.3. The molecule has 0 atom stereocenters. The Labute approximate surface area is 164 Å². The highest BCUT2D eigenvalue weighted by Gasteiger charge is 2.12. The van der Waals surface area contributed by atoms with Gasteiger partial charge in [0.15, 0.2) is 5.78 Å². The number of nitrogens with one attached hydrogen (secondary N) is 1. The number of rotatable bonds is 6. The van der Waals surface area contributed by atoms with Gasteiger partial charge in [0.25, 0.3) is 11.2 Å². The first-order valence-electron chi connectivity index (χ1n) is 8.57. The summed E-state index contributed by atoms with van der Waals surface area (Å²) >= 11 is 0. The molecule has 0 spiro atoms. The number of amides is 1. The number of ketones is 1. The Balaban J connectivity index is 1.82. The van der Waals surface area contributed by atoms with Crippen LogP contribution in [0, 0.1) is 10.1 Å². The van der Waals surface area contributed by atoms with Crippen molar-refractivity contribution in [3.8, 4) is 11.3 Å². The second kappa shape index (κ2) is 8.26. The number of nitro benzene ring substituents is 1. The summed E-state index contributed by atoms with van der Waals surface area (Å²) in [6, 6.07) is 14.9. The minimum atomic E-state index is -0.526. The van der Waals surface area contributed by atoms with Gasteiger partial charge in [0.05, 0.1) is 10.6 Å². The van der Waals surface area contributed by atoms with Crippen LogP contribution in [0.4, 0.5) is 11.4 Å².